The lowest BCUT2D eigenvalue weighted by Gasteiger charge is -2.56. The molecule has 0 aliphatic heterocycles. The van der Waals surface area contributed by atoms with Crippen LogP contribution in [0.1, 0.15) is 214 Å². The zero-order chi connectivity index (χ0) is 30.3. The van der Waals surface area contributed by atoms with E-state index in [0.29, 0.717) is 32.5 Å². The first kappa shape index (κ1) is 40.1. The molecular formula is C38H80. The van der Waals surface area contributed by atoms with Gasteiger partial charge in [-0.2, -0.15) is 0 Å². The standard InChI is InChI=1S/2C19H40/c2*1-9-13-16-19(8,17(5,6)14-10-2)18(7,12-4)15-11-3/h2*9-16H2,1-8H3. The van der Waals surface area contributed by atoms with Crippen molar-refractivity contribution in [1.82, 2.24) is 0 Å². The highest BCUT2D eigenvalue weighted by atomic mass is 14.6. The van der Waals surface area contributed by atoms with Crippen LogP contribution in [0, 0.1) is 32.5 Å². The van der Waals surface area contributed by atoms with Gasteiger partial charge >= 0.3 is 0 Å². The maximum absolute atomic E-state index is 2.59. The Morgan fingerprint density at radius 1 is 0.316 bits per heavy atom. The van der Waals surface area contributed by atoms with Crippen molar-refractivity contribution in [3.05, 3.63) is 0 Å². The van der Waals surface area contributed by atoms with E-state index in [1.54, 1.807) is 0 Å². The van der Waals surface area contributed by atoms with Gasteiger partial charge in [0.05, 0.1) is 0 Å². The topological polar surface area (TPSA) is 0 Å². The second-order valence-corrected chi connectivity index (χ2v) is 15.5. The monoisotopic (exact) mass is 537 g/mol. The molecule has 38 heavy (non-hydrogen) atoms. The van der Waals surface area contributed by atoms with E-state index in [0.717, 1.165) is 0 Å². The minimum absolute atomic E-state index is 0.441. The highest BCUT2D eigenvalue weighted by Crippen LogP contribution is 2.61. The summed E-state index contributed by atoms with van der Waals surface area (Å²) < 4.78 is 0. The Balaban J connectivity index is 0. The minimum Gasteiger partial charge on any atom is -0.0654 e. The van der Waals surface area contributed by atoms with E-state index < -0.39 is 0 Å². The first-order valence-electron chi connectivity index (χ1n) is 17.5. The van der Waals surface area contributed by atoms with Crippen LogP contribution < -0.4 is 0 Å². The van der Waals surface area contributed by atoms with E-state index in [4.69, 9.17) is 0 Å². The Hall–Kier alpha value is 0. The molecule has 0 aromatic carbocycles. The maximum atomic E-state index is 2.59. The fraction of sp³-hybridized carbons (Fsp3) is 1.00. The van der Waals surface area contributed by atoms with Crippen molar-refractivity contribution in [3.8, 4) is 0 Å². The molecule has 0 bridgehead atoms. The molecule has 0 fully saturated rings. The fourth-order valence-corrected chi connectivity index (χ4v) is 8.57. The molecule has 0 spiro atoms. The summed E-state index contributed by atoms with van der Waals surface area (Å²) in [4.78, 5) is 0. The van der Waals surface area contributed by atoms with Crippen molar-refractivity contribution < 1.29 is 0 Å². The van der Waals surface area contributed by atoms with E-state index >= 15 is 0 Å². The zero-order valence-corrected chi connectivity index (χ0v) is 30.3. The fourth-order valence-electron chi connectivity index (χ4n) is 8.57. The van der Waals surface area contributed by atoms with Crippen LogP contribution in [0.5, 0.6) is 0 Å². The van der Waals surface area contributed by atoms with Gasteiger partial charge in [0, 0.05) is 0 Å². The van der Waals surface area contributed by atoms with Crippen molar-refractivity contribution in [1.29, 1.82) is 0 Å². The number of rotatable bonds is 20. The van der Waals surface area contributed by atoms with Crippen LogP contribution in [-0.2, 0) is 0 Å². The lowest BCUT2D eigenvalue weighted by atomic mass is 9.48. The highest BCUT2D eigenvalue weighted by molar-refractivity contribution is 5.01. The van der Waals surface area contributed by atoms with Crippen LogP contribution in [0.3, 0.4) is 0 Å². The first-order valence-corrected chi connectivity index (χ1v) is 17.5. The maximum Gasteiger partial charge on any atom is -0.0221 e. The van der Waals surface area contributed by atoms with Crippen molar-refractivity contribution in [2.45, 2.75) is 214 Å². The van der Waals surface area contributed by atoms with Gasteiger partial charge in [0.25, 0.3) is 0 Å². The average molecular weight is 537 g/mol. The number of hydrogen-bond acceptors (Lipinski definition) is 0. The average Bonchev–Trinajstić information content (AvgIpc) is 2.85. The summed E-state index contributed by atoms with van der Waals surface area (Å²) >= 11 is 0. The van der Waals surface area contributed by atoms with Crippen LogP contribution in [0.4, 0.5) is 0 Å². The minimum atomic E-state index is 0.441. The molecule has 0 nitrogen and oxygen atoms in total. The molecule has 0 aliphatic rings. The molecule has 0 aliphatic carbocycles. The molecule has 0 aromatic heterocycles. The molecule has 0 N–H and O–H groups in total. The molecule has 4 atom stereocenters. The zero-order valence-electron chi connectivity index (χ0n) is 30.3. The molecular weight excluding hydrogens is 456 g/mol. The van der Waals surface area contributed by atoms with Crippen LogP contribution in [-0.4, -0.2) is 0 Å². The van der Waals surface area contributed by atoms with Crippen LogP contribution >= 0.6 is 0 Å². The van der Waals surface area contributed by atoms with Gasteiger partial charge in [-0.3, -0.25) is 0 Å². The van der Waals surface area contributed by atoms with E-state index in [9.17, 15) is 0 Å². The Kier molecular flexibility index (Phi) is 18.7. The lowest BCUT2D eigenvalue weighted by molar-refractivity contribution is -0.0698. The molecule has 0 rings (SSSR count). The predicted octanol–water partition coefficient (Wildman–Crippen LogP) is 14.5. The number of hydrogen-bond donors (Lipinski definition) is 0. The number of unbranched alkanes of at least 4 members (excludes halogenated alkanes) is 2. The van der Waals surface area contributed by atoms with Crippen LogP contribution in [0.15, 0.2) is 0 Å². The van der Waals surface area contributed by atoms with E-state index in [1.165, 1.54) is 103 Å². The van der Waals surface area contributed by atoms with Gasteiger partial charge in [-0.1, -0.05) is 175 Å². The lowest BCUT2D eigenvalue weighted by Crippen LogP contribution is -2.48. The van der Waals surface area contributed by atoms with E-state index in [-0.39, 0.29) is 0 Å². The summed E-state index contributed by atoms with van der Waals surface area (Å²) in [6.45, 7) is 39.2. The molecule has 0 saturated carbocycles. The normalized spacial score (nSPS) is 18.9. The molecule has 0 heteroatoms. The molecule has 0 heterocycles. The molecule has 4 unspecified atom stereocenters. The summed E-state index contributed by atoms with van der Waals surface area (Å²) in [6.07, 6.45) is 21.5. The largest absolute Gasteiger partial charge is 0.0654 e. The van der Waals surface area contributed by atoms with Gasteiger partial charge in [0.1, 0.15) is 0 Å². The second-order valence-electron chi connectivity index (χ2n) is 15.5. The van der Waals surface area contributed by atoms with Gasteiger partial charge < -0.3 is 0 Å². The molecule has 0 saturated heterocycles. The third kappa shape index (κ3) is 9.54. The molecule has 0 aromatic rings. The Morgan fingerprint density at radius 2 is 0.579 bits per heavy atom. The molecule has 232 valence electrons. The summed E-state index contributed by atoms with van der Waals surface area (Å²) in [7, 11) is 0. The van der Waals surface area contributed by atoms with Gasteiger partial charge in [0.15, 0.2) is 0 Å². The van der Waals surface area contributed by atoms with Crippen LogP contribution in [0.25, 0.3) is 0 Å². The van der Waals surface area contributed by atoms with Gasteiger partial charge in [-0.15, -0.1) is 0 Å². The van der Waals surface area contributed by atoms with Crippen molar-refractivity contribution in [3.63, 3.8) is 0 Å². The van der Waals surface area contributed by atoms with E-state index in [1.807, 2.05) is 0 Å². The Bertz CT molecular complexity index is 533. The van der Waals surface area contributed by atoms with Crippen LogP contribution in [0.2, 0.25) is 0 Å². The summed E-state index contributed by atoms with van der Waals surface area (Å²) in [5, 5.41) is 0. The van der Waals surface area contributed by atoms with Crippen molar-refractivity contribution in [2.24, 2.45) is 32.5 Å². The quantitative estimate of drug-likeness (QED) is 0.145. The van der Waals surface area contributed by atoms with Crippen molar-refractivity contribution >= 4 is 0 Å². The smallest absolute Gasteiger partial charge is 0.0221 e. The molecule has 0 amide bonds. The molecule has 0 radical (unpaired) electrons. The predicted molar refractivity (Wildman–Crippen MR) is 179 cm³/mol. The third-order valence-corrected chi connectivity index (χ3v) is 12.6. The highest BCUT2D eigenvalue weighted by Gasteiger charge is 2.52. The van der Waals surface area contributed by atoms with E-state index in [2.05, 4.69) is 111 Å². The SMILES string of the molecule is CCCCC(C)(C(C)(C)CCC)C(C)(CC)CCC.CCCCC(C)(C(C)(C)CCC)C(C)(CC)CCC. The van der Waals surface area contributed by atoms with Gasteiger partial charge in [-0.25, -0.2) is 0 Å². The summed E-state index contributed by atoms with van der Waals surface area (Å²) in [5.74, 6) is 0. The van der Waals surface area contributed by atoms with Crippen molar-refractivity contribution in [2.75, 3.05) is 0 Å². The Labute approximate surface area is 245 Å². The second kappa shape index (κ2) is 17.7. The first-order chi connectivity index (χ1) is 17.5. The van der Waals surface area contributed by atoms with Gasteiger partial charge in [-0.05, 0) is 71.0 Å². The summed E-state index contributed by atoms with van der Waals surface area (Å²) in [5.41, 5.74) is 2.76. The summed E-state index contributed by atoms with van der Waals surface area (Å²) in [6, 6.07) is 0. The third-order valence-electron chi connectivity index (χ3n) is 12.6. The van der Waals surface area contributed by atoms with Gasteiger partial charge in [0.2, 0.25) is 0 Å². The Morgan fingerprint density at radius 3 is 0.763 bits per heavy atom.